The van der Waals surface area contributed by atoms with Crippen LogP contribution in [0.1, 0.15) is 39.5 Å². The van der Waals surface area contributed by atoms with Gasteiger partial charge in [0.15, 0.2) is 0 Å². The van der Waals surface area contributed by atoms with Crippen molar-refractivity contribution in [3.05, 3.63) is 24.3 Å². The van der Waals surface area contributed by atoms with Gasteiger partial charge in [-0.05, 0) is 37.1 Å². The summed E-state index contributed by atoms with van der Waals surface area (Å²) in [5.41, 5.74) is 0.739. The van der Waals surface area contributed by atoms with E-state index >= 15 is 0 Å². The Morgan fingerprint density at radius 3 is 2.47 bits per heavy atom. The largest absolute Gasteiger partial charge is 0.508 e. The van der Waals surface area contributed by atoms with Crippen molar-refractivity contribution in [2.24, 2.45) is 5.92 Å². The van der Waals surface area contributed by atoms with E-state index in [1.807, 2.05) is 6.92 Å². The third-order valence-corrected chi connectivity index (χ3v) is 2.90. The number of anilines is 1. The van der Waals surface area contributed by atoms with Gasteiger partial charge in [-0.2, -0.15) is 0 Å². The van der Waals surface area contributed by atoms with Gasteiger partial charge in [-0.1, -0.05) is 26.7 Å². The van der Waals surface area contributed by atoms with E-state index in [2.05, 4.69) is 12.2 Å². The first kappa shape index (κ1) is 13.6. The summed E-state index contributed by atoms with van der Waals surface area (Å²) in [6.07, 6.45) is 4.01. The second-order valence-electron chi connectivity index (χ2n) is 4.28. The van der Waals surface area contributed by atoms with Gasteiger partial charge in [-0.15, -0.1) is 0 Å². The maximum Gasteiger partial charge on any atom is 0.227 e. The molecule has 0 saturated heterocycles. The van der Waals surface area contributed by atoms with Crippen LogP contribution in [0, 0.1) is 5.92 Å². The smallest absolute Gasteiger partial charge is 0.227 e. The molecule has 1 amide bonds. The summed E-state index contributed by atoms with van der Waals surface area (Å²) in [7, 11) is 0. The lowest BCUT2D eigenvalue weighted by Gasteiger charge is -2.14. The minimum absolute atomic E-state index is 0.0756. The van der Waals surface area contributed by atoms with Crippen LogP contribution in [0.25, 0.3) is 0 Å². The first-order valence-electron chi connectivity index (χ1n) is 6.27. The SMILES string of the molecule is CCCCC(CC)C(=O)Nc1ccc(O)cc1. The normalized spacial score (nSPS) is 12.1. The minimum Gasteiger partial charge on any atom is -0.508 e. The van der Waals surface area contributed by atoms with Crippen LogP contribution in [0.3, 0.4) is 0 Å². The maximum absolute atomic E-state index is 12.0. The number of aromatic hydroxyl groups is 1. The van der Waals surface area contributed by atoms with E-state index < -0.39 is 0 Å². The quantitative estimate of drug-likeness (QED) is 0.741. The molecule has 1 rings (SSSR count). The van der Waals surface area contributed by atoms with E-state index in [9.17, 15) is 4.79 Å². The average Bonchev–Trinajstić information content (AvgIpc) is 2.33. The highest BCUT2D eigenvalue weighted by Gasteiger charge is 2.15. The number of unbranched alkanes of at least 4 members (excludes halogenated alkanes) is 1. The molecule has 0 aliphatic carbocycles. The molecule has 2 N–H and O–H groups in total. The molecule has 0 aromatic heterocycles. The van der Waals surface area contributed by atoms with Gasteiger partial charge in [-0.3, -0.25) is 4.79 Å². The molecule has 0 fully saturated rings. The molecule has 0 heterocycles. The van der Waals surface area contributed by atoms with Crippen molar-refractivity contribution in [3.63, 3.8) is 0 Å². The third kappa shape index (κ3) is 4.47. The number of carbonyl (C=O) groups excluding carboxylic acids is 1. The molecule has 3 nitrogen and oxygen atoms in total. The van der Waals surface area contributed by atoms with Crippen molar-refractivity contribution in [2.45, 2.75) is 39.5 Å². The van der Waals surface area contributed by atoms with Gasteiger partial charge in [-0.25, -0.2) is 0 Å². The zero-order valence-electron chi connectivity index (χ0n) is 10.6. The summed E-state index contributed by atoms with van der Waals surface area (Å²) in [6, 6.07) is 6.56. The molecule has 0 aliphatic heterocycles. The number of amides is 1. The Morgan fingerprint density at radius 2 is 1.94 bits per heavy atom. The van der Waals surface area contributed by atoms with Crippen molar-refractivity contribution in [1.29, 1.82) is 0 Å². The molecular formula is C14H21NO2. The Kier molecular flexibility index (Phi) is 5.53. The second kappa shape index (κ2) is 6.94. The molecule has 0 aliphatic rings. The van der Waals surface area contributed by atoms with Gasteiger partial charge in [0.25, 0.3) is 0 Å². The molecule has 0 radical (unpaired) electrons. The minimum atomic E-state index is 0.0756. The van der Waals surface area contributed by atoms with E-state index in [0.717, 1.165) is 31.4 Å². The van der Waals surface area contributed by atoms with E-state index in [1.54, 1.807) is 24.3 Å². The Labute approximate surface area is 103 Å². The standard InChI is InChI=1S/C14H21NO2/c1-3-5-6-11(4-2)14(17)15-12-7-9-13(16)10-8-12/h7-11,16H,3-6H2,1-2H3,(H,15,17). The molecule has 0 spiro atoms. The van der Waals surface area contributed by atoms with E-state index in [-0.39, 0.29) is 17.6 Å². The predicted molar refractivity (Wildman–Crippen MR) is 70.0 cm³/mol. The van der Waals surface area contributed by atoms with Crippen LogP contribution in [0.5, 0.6) is 5.75 Å². The van der Waals surface area contributed by atoms with Gasteiger partial charge >= 0.3 is 0 Å². The molecule has 1 unspecified atom stereocenters. The van der Waals surface area contributed by atoms with Gasteiger partial charge in [0.05, 0.1) is 0 Å². The lowest BCUT2D eigenvalue weighted by molar-refractivity contribution is -0.120. The fourth-order valence-electron chi connectivity index (χ4n) is 1.76. The molecule has 3 heteroatoms. The molecule has 1 atom stereocenters. The topological polar surface area (TPSA) is 49.3 Å². The highest BCUT2D eigenvalue weighted by molar-refractivity contribution is 5.92. The van der Waals surface area contributed by atoms with Gasteiger partial charge in [0.1, 0.15) is 5.75 Å². The van der Waals surface area contributed by atoms with Crippen LogP contribution < -0.4 is 5.32 Å². The monoisotopic (exact) mass is 235 g/mol. The lowest BCUT2D eigenvalue weighted by atomic mass is 9.98. The number of phenolic OH excluding ortho intramolecular Hbond substituents is 1. The number of hydrogen-bond acceptors (Lipinski definition) is 2. The van der Waals surface area contributed by atoms with Gasteiger partial charge < -0.3 is 10.4 Å². The van der Waals surface area contributed by atoms with Crippen LogP contribution in [0.4, 0.5) is 5.69 Å². The fraction of sp³-hybridized carbons (Fsp3) is 0.500. The van der Waals surface area contributed by atoms with Crippen LogP contribution in [0.15, 0.2) is 24.3 Å². The summed E-state index contributed by atoms with van der Waals surface area (Å²) in [6.45, 7) is 4.17. The highest BCUT2D eigenvalue weighted by Crippen LogP contribution is 2.18. The fourth-order valence-corrected chi connectivity index (χ4v) is 1.76. The second-order valence-corrected chi connectivity index (χ2v) is 4.28. The van der Waals surface area contributed by atoms with Crippen molar-refractivity contribution in [2.75, 3.05) is 5.32 Å². The number of phenols is 1. The molecule has 0 saturated carbocycles. The zero-order valence-corrected chi connectivity index (χ0v) is 10.6. The van der Waals surface area contributed by atoms with Crippen molar-refractivity contribution < 1.29 is 9.90 Å². The van der Waals surface area contributed by atoms with Crippen molar-refractivity contribution in [3.8, 4) is 5.75 Å². The Morgan fingerprint density at radius 1 is 1.29 bits per heavy atom. The van der Waals surface area contributed by atoms with Gasteiger partial charge in [0, 0.05) is 11.6 Å². The van der Waals surface area contributed by atoms with E-state index in [0.29, 0.717) is 0 Å². The summed E-state index contributed by atoms with van der Waals surface area (Å²) >= 11 is 0. The van der Waals surface area contributed by atoms with Crippen molar-refractivity contribution >= 4 is 11.6 Å². The van der Waals surface area contributed by atoms with Crippen molar-refractivity contribution in [1.82, 2.24) is 0 Å². The molecule has 1 aromatic rings. The average molecular weight is 235 g/mol. The third-order valence-electron chi connectivity index (χ3n) is 2.90. The summed E-state index contributed by atoms with van der Waals surface area (Å²) in [4.78, 5) is 12.0. The van der Waals surface area contributed by atoms with Crippen LogP contribution in [-0.2, 0) is 4.79 Å². The number of benzene rings is 1. The van der Waals surface area contributed by atoms with E-state index in [4.69, 9.17) is 5.11 Å². The molecule has 1 aromatic carbocycles. The lowest BCUT2D eigenvalue weighted by Crippen LogP contribution is -2.22. The molecule has 94 valence electrons. The molecule has 0 bridgehead atoms. The zero-order chi connectivity index (χ0) is 12.7. The molecular weight excluding hydrogens is 214 g/mol. The summed E-state index contributed by atoms with van der Waals surface area (Å²) < 4.78 is 0. The Balaban J connectivity index is 2.54. The summed E-state index contributed by atoms with van der Waals surface area (Å²) in [5, 5.41) is 12.0. The van der Waals surface area contributed by atoms with Crippen LogP contribution >= 0.6 is 0 Å². The summed E-state index contributed by atoms with van der Waals surface area (Å²) in [5.74, 6) is 0.372. The molecule has 17 heavy (non-hydrogen) atoms. The number of hydrogen-bond donors (Lipinski definition) is 2. The van der Waals surface area contributed by atoms with Crippen LogP contribution in [0.2, 0.25) is 0 Å². The number of nitrogens with one attached hydrogen (secondary N) is 1. The predicted octanol–water partition coefficient (Wildman–Crippen LogP) is 3.55. The number of rotatable bonds is 6. The Bertz CT molecular complexity index is 346. The Hall–Kier alpha value is -1.51. The van der Waals surface area contributed by atoms with Crippen LogP contribution in [-0.4, -0.2) is 11.0 Å². The number of carbonyl (C=O) groups is 1. The van der Waals surface area contributed by atoms with E-state index in [1.165, 1.54) is 0 Å². The maximum atomic E-state index is 12.0. The first-order chi connectivity index (χ1) is 8.17. The highest BCUT2D eigenvalue weighted by atomic mass is 16.3. The first-order valence-corrected chi connectivity index (χ1v) is 6.27. The van der Waals surface area contributed by atoms with Gasteiger partial charge in [0.2, 0.25) is 5.91 Å².